The average molecular weight is 628 g/mol. The van der Waals surface area contributed by atoms with E-state index in [2.05, 4.69) is 30.8 Å². The molecule has 234 valence electrons. The van der Waals surface area contributed by atoms with E-state index < -0.39 is 17.7 Å². The number of pyridine rings is 1. The van der Waals surface area contributed by atoms with Gasteiger partial charge in [0.15, 0.2) is 5.82 Å². The zero-order chi connectivity index (χ0) is 31.2. The lowest BCUT2D eigenvalue weighted by Gasteiger charge is -2.28. The van der Waals surface area contributed by atoms with Crippen LogP contribution in [-0.2, 0) is 4.74 Å². The molecule has 12 nitrogen and oxygen atoms in total. The van der Waals surface area contributed by atoms with E-state index in [-0.39, 0.29) is 40.9 Å². The number of carbonyl (C=O) groups excluding carboxylic acids is 2. The van der Waals surface area contributed by atoms with E-state index in [4.69, 9.17) is 4.74 Å². The third kappa shape index (κ3) is 7.52. The number of anilines is 1. The second kappa shape index (κ2) is 14.1. The molecule has 0 unspecified atom stereocenters. The van der Waals surface area contributed by atoms with Gasteiger partial charge in [0.2, 0.25) is 5.95 Å². The molecule has 0 aromatic carbocycles. The van der Waals surface area contributed by atoms with E-state index in [1.807, 2.05) is 25.9 Å². The van der Waals surface area contributed by atoms with Crippen molar-refractivity contribution in [3.63, 3.8) is 0 Å². The van der Waals surface area contributed by atoms with Gasteiger partial charge in [0.05, 0.1) is 24.0 Å². The van der Waals surface area contributed by atoms with Crippen LogP contribution in [0.25, 0.3) is 22.0 Å². The van der Waals surface area contributed by atoms with Gasteiger partial charge in [-0.2, -0.15) is 19.3 Å². The van der Waals surface area contributed by atoms with Crippen molar-refractivity contribution in [3.05, 3.63) is 53.6 Å². The number of nitrogens with one attached hydrogen (secondary N) is 2. The second-order valence-corrected chi connectivity index (χ2v) is 11.6. The Bertz CT molecular complexity index is 1590. The maximum absolute atomic E-state index is 14.8. The molecule has 0 spiro atoms. The molecule has 0 bridgehead atoms. The lowest BCUT2D eigenvalue weighted by Crippen LogP contribution is -2.31. The minimum absolute atomic E-state index is 0.000300. The summed E-state index contributed by atoms with van der Waals surface area (Å²) in [7, 11) is 3.93. The topological polar surface area (TPSA) is 132 Å². The smallest absolute Gasteiger partial charge is 0.342 e. The van der Waals surface area contributed by atoms with Crippen LogP contribution in [0.15, 0.2) is 36.1 Å². The van der Waals surface area contributed by atoms with Gasteiger partial charge in [0, 0.05) is 36.5 Å². The van der Waals surface area contributed by atoms with Gasteiger partial charge in [-0.25, -0.2) is 19.2 Å². The van der Waals surface area contributed by atoms with Crippen LogP contribution >= 0.6 is 11.3 Å². The van der Waals surface area contributed by atoms with Crippen LogP contribution < -0.4 is 10.6 Å². The standard InChI is InChI=1S/C29H35F2N9O3S/c1-4-43-20-8-6-19(7-9-20)39-16-22(26(37-39)25-21(30)10-11-24(31)36-25)34-27(41)23-17-44-28(35-23)18-14-33-40(15-18)29(42)32-12-5-13-38(2)3/h10-11,14-17,19-20H,4-9,12-13H2,1-3H3,(H,32,42)(H,34,41). The monoisotopic (exact) mass is 627 g/mol. The van der Waals surface area contributed by atoms with Crippen molar-refractivity contribution in [2.24, 2.45) is 0 Å². The van der Waals surface area contributed by atoms with Crippen molar-refractivity contribution < 1.29 is 23.1 Å². The Balaban J connectivity index is 1.31. The predicted molar refractivity (Wildman–Crippen MR) is 162 cm³/mol. The third-order valence-electron chi connectivity index (χ3n) is 7.27. The molecule has 4 aromatic heterocycles. The Morgan fingerprint density at radius 1 is 1.11 bits per heavy atom. The molecule has 1 aliphatic rings. The summed E-state index contributed by atoms with van der Waals surface area (Å²) in [4.78, 5) is 35.9. The highest BCUT2D eigenvalue weighted by atomic mass is 32.1. The second-order valence-electron chi connectivity index (χ2n) is 10.8. The molecule has 15 heteroatoms. The van der Waals surface area contributed by atoms with Crippen molar-refractivity contribution >= 4 is 29.0 Å². The van der Waals surface area contributed by atoms with Gasteiger partial charge in [0.1, 0.15) is 22.1 Å². The Hall–Kier alpha value is -4.08. The molecule has 1 aliphatic carbocycles. The molecule has 0 aliphatic heterocycles. The molecular formula is C29H35F2N9O3S. The summed E-state index contributed by atoms with van der Waals surface area (Å²) >= 11 is 1.21. The molecule has 0 atom stereocenters. The number of halogens is 2. The molecule has 1 saturated carbocycles. The molecule has 2 amide bonds. The van der Waals surface area contributed by atoms with Crippen molar-refractivity contribution in [1.29, 1.82) is 0 Å². The molecule has 4 heterocycles. The van der Waals surface area contributed by atoms with Gasteiger partial charge in [-0.05, 0) is 71.8 Å². The summed E-state index contributed by atoms with van der Waals surface area (Å²) in [6.07, 6.45) is 8.92. The largest absolute Gasteiger partial charge is 0.379 e. The fourth-order valence-electron chi connectivity index (χ4n) is 5.05. The average Bonchev–Trinajstić information content (AvgIpc) is 3.77. The Kier molecular flexibility index (Phi) is 10.1. The fraction of sp³-hybridized carbons (Fsp3) is 0.448. The first-order valence-electron chi connectivity index (χ1n) is 14.5. The number of carbonyl (C=O) groups is 2. The highest BCUT2D eigenvalue weighted by Gasteiger charge is 2.27. The van der Waals surface area contributed by atoms with E-state index in [1.165, 1.54) is 22.2 Å². The Labute approximate surface area is 257 Å². The van der Waals surface area contributed by atoms with Crippen LogP contribution in [0, 0.1) is 11.8 Å². The number of nitrogens with zero attached hydrogens (tertiary/aromatic N) is 7. The maximum atomic E-state index is 14.8. The van der Waals surface area contributed by atoms with Gasteiger partial charge < -0.3 is 20.3 Å². The Morgan fingerprint density at radius 2 is 1.91 bits per heavy atom. The lowest BCUT2D eigenvalue weighted by molar-refractivity contribution is 0.0260. The van der Waals surface area contributed by atoms with Gasteiger partial charge in [-0.3, -0.25) is 9.48 Å². The number of thiazole rings is 1. The number of ether oxygens (including phenoxy) is 1. The normalized spacial score (nSPS) is 16.8. The first-order valence-corrected chi connectivity index (χ1v) is 15.4. The molecule has 1 fully saturated rings. The van der Waals surface area contributed by atoms with Crippen LogP contribution in [0.1, 0.15) is 55.6 Å². The molecule has 44 heavy (non-hydrogen) atoms. The first-order chi connectivity index (χ1) is 21.2. The summed E-state index contributed by atoms with van der Waals surface area (Å²) in [5.74, 6) is -2.18. The summed E-state index contributed by atoms with van der Waals surface area (Å²) < 4.78 is 37.5. The van der Waals surface area contributed by atoms with E-state index >= 15 is 0 Å². The number of aromatic nitrogens is 6. The minimum Gasteiger partial charge on any atom is -0.379 e. The van der Waals surface area contributed by atoms with Gasteiger partial charge in [-0.15, -0.1) is 11.3 Å². The van der Waals surface area contributed by atoms with Crippen molar-refractivity contribution in [2.75, 3.05) is 39.1 Å². The number of rotatable bonds is 11. The molecule has 2 N–H and O–H groups in total. The van der Waals surface area contributed by atoms with Gasteiger partial charge in [0.25, 0.3) is 5.91 Å². The summed E-state index contributed by atoms with van der Waals surface area (Å²) in [6, 6.07) is 1.54. The fourth-order valence-corrected chi connectivity index (χ4v) is 5.83. The highest BCUT2D eigenvalue weighted by molar-refractivity contribution is 7.13. The summed E-state index contributed by atoms with van der Waals surface area (Å²) in [6.45, 7) is 3.97. The first kappa shape index (κ1) is 31.3. The molecule has 0 radical (unpaired) electrons. The van der Waals surface area contributed by atoms with Crippen molar-refractivity contribution in [2.45, 2.75) is 51.2 Å². The zero-order valence-electron chi connectivity index (χ0n) is 24.8. The van der Waals surface area contributed by atoms with Crippen LogP contribution in [0.2, 0.25) is 0 Å². The van der Waals surface area contributed by atoms with Crippen molar-refractivity contribution in [1.82, 2.24) is 39.7 Å². The predicted octanol–water partition coefficient (Wildman–Crippen LogP) is 4.83. The third-order valence-corrected chi connectivity index (χ3v) is 8.16. The Morgan fingerprint density at radius 3 is 2.66 bits per heavy atom. The zero-order valence-corrected chi connectivity index (χ0v) is 25.6. The van der Waals surface area contributed by atoms with Crippen LogP contribution in [0.4, 0.5) is 19.3 Å². The van der Waals surface area contributed by atoms with Crippen LogP contribution in [0.5, 0.6) is 0 Å². The van der Waals surface area contributed by atoms with Crippen LogP contribution in [-0.4, -0.2) is 86.3 Å². The minimum atomic E-state index is -0.864. The molecule has 0 saturated heterocycles. The van der Waals surface area contributed by atoms with E-state index in [9.17, 15) is 18.4 Å². The van der Waals surface area contributed by atoms with E-state index in [0.29, 0.717) is 23.7 Å². The van der Waals surface area contributed by atoms with E-state index in [0.717, 1.165) is 50.8 Å². The summed E-state index contributed by atoms with van der Waals surface area (Å²) in [5, 5.41) is 16.3. The number of hydrogen-bond donors (Lipinski definition) is 2. The number of amides is 2. The van der Waals surface area contributed by atoms with Crippen molar-refractivity contribution in [3.8, 4) is 22.0 Å². The molecule has 4 aromatic rings. The summed E-state index contributed by atoms with van der Waals surface area (Å²) in [5.41, 5.74) is 0.588. The molecule has 5 rings (SSSR count). The SMILES string of the molecule is CCOC1CCC(n2cc(NC(=O)c3csc(-c4cnn(C(=O)NCCCN(C)C)c4)n3)c(-c3nc(F)ccc3F)n2)CC1. The van der Waals surface area contributed by atoms with Gasteiger partial charge >= 0.3 is 6.03 Å². The maximum Gasteiger partial charge on any atom is 0.342 e. The van der Waals surface area contributed by atoms with Gasteiger partial charge in [-0.1, -0.05) is 0 Å². The highest BCUT2D eigenvalue weighted by Crippen LogP contribution is 2.34. The quantitative estimate of drug-likeness (QED) is 0.179. The number of hydrogen-bond acceptors (Lipinski definition) is 9. The lowest BCUT2D eigenvalue weighted by atomic mass is 9.93. The van der Waals surface area contributed by atoms with Crippen LogP contribution in [0.3, 0.4) is 0 Å². The van der Waals surface area contributed by atoms with E-state index in [1.54, 1.807) is 22.5 Å². The molecular weight excluding hydrogens is 592 g/mol.